The molecule has 0 spiro atoms. The maximum absolute atomic E-state index is 10.8. The molecule has 0 amide bonds. The Morgan fingerprint density at radius 3 is 2.61 bits per heavy atom. The number of allylic oxidation sites excluding steroid dienone is 2. The van der Waals surface area contributed by atoms with Gasteiger partial charge in [0.2, 0.25) is 0 Å². The highest BCUT2D eigenvalue weighted by Gasteiger charge is 2.55. The van der Waals surface area contributed by atoms with Crippen molar-refractivity contribution in [3.63, 3.8) is 0 Å². The van der Waals surface area contributed by atoms with Crippen molar-refractivity contribution in [1.82, 2.24) is 0 Å². The van der Waals surface area contributed by atoms with E-state index in [0.29, 0.717) is 11.8 Å². The molecule has 0 aromatic heterocycles. The van der Waals surface area contributed by atoms with E-state index >= 15 is 0 Å². The van der Waals surface area contributed by atoms with E-state index in [0.717, 1.165) is 44.1 Å². The molecule has 2 saturated carbocycles. The normalized spacial score (nSPS) is 37.3. The number of aliphatic carboxylic acids is 1. The molecule has 0 aliphatic heterocycles. The topological polar surface area (TPSA) is 57.5 Å². The Labute approximate surface area is 140 Å². The molecular weight excluding hydrogens is 288 g/mol. The van der Waals surface area contributed by atoms with Crippen molar-refractivity contribution < 1.29 is 15.0 Å². The van der Waals surface area contributed by atoms with Crippen molar-refractivity contribution in [2.24, 2.45) is 22.7 Å². The van der Waals surface area contributed by atoms with Crippen LogP contribution in [0.4, 0.5) is 0 Å². The third-order valence-electron chi connectivity index (χ3n) is 6.75. The number of carbonyl (C=O) groups is 1. The first-order chi connectivity index (χ1) is 10.6. The highest BCUT2D eigenvalue weighted by atomic mass is 16.4. The summed E-state index contributed by atoms with van der Waals surface area (Å²) in [4.78, 5) is 10.8. The first-order valence-corrected chi connectivity index (χ1v) is 8.85. The average Bonchev–Trinajstić information content (AvgIpc) is 2.42. The molecule has 2 rings (SSSR count). The maximum Gasteiger partial charge on any atom is 0.328 e. The Morgan fingerprint density at radius 1 is 1.35 bits per heavy atom. The lowest BCUT2D eigenvalue weighted by atomic mass is 9.46. The Morgan fingerprint density at radius 2 is 2.00 bits per heavy atom. The van der Waals surface area contributed by atoms with Crippen LogP contribution >= 0.6 is 0 Å². The second-order valence-corrected chi connectivity index (χ2v) is 8.55. The third-order valence-corrected chi connectivity index (χ3v) is 6.75. The SMILES string of the molecule is C=C1CC[C@@H]2C(C)(C)[C@H](O)CC[C@@]2(C)[C@@H]1CCC(C)=CC(=O)O. The zero-order valence-corrected chi connectivity index (χ0v) is 15.1. The van der Waals surface area contributed by atoms with E-state index in [2.05, 4.69) is 27.4 Å². The molecule has 3 heteroatoms. The highest BCUT2D eigenvalue weighted by molar-refractivity contribution is 5.80. The first kappa shape index (κ1) is 18.3. The number of carboxylic acid groups (broad SMARTS) is 1. The van der Waals surface area contributed by atoms with Crippen LogP contribution in [0.2, 0.25) is 0 Å². The lowest BCUT2D eigenvalue weighted by molar-refractivity contribution is -0.131. The zero-order valence-electron chi connectivity index (χ0n) is 15.1. The summed E-state index contributed by atoms with van der Waals surface area (Å²) in [5.41, 5.74) is 2.35. The lowest BCUT2D eigenvalue weighted by Crippen LogP contribution is -2.54. The molecule has 0 saturated heterocycles. The third kappa shape index (κ3) is 3.40. The van der Waals surface area contributed by atoms with Gasteiger partial charge in [-0.2, -0.15) is 0 Å². The van der Waals surface area contributed by atoms with Gasteiger partial charge in [0.25, 0.3) is 0 Å². The van der Waals surface area contributed by atoms with Gasteiger partial charge in [0.05, 0.1) is 6.10 Å². The molecule has 0 aromatic rings. The first-order valence-electron chi connectivity index (χ1n) is 8.85. The number of fused-ring (bicyclic) bond motifs is 1. The van der Waals surface area contributed by atoms with Crippen LogP contribution in [0.25, 0.3) is 0 Å². The average molecular weight is 320 g/mol. The Kier molecular flexibility index (Phi) is 5.10. The van der Waals surface area contributed by atoms with E-state index < -0.39 is 5.97 Å². The smallest absolute Gasteiger partial charge is 0.328 e. The van der Waals surface area contributed by atoms with Crippen LogP contribution in [0.1, 0.15) is 66.2 Å². The summed E-state index contributed by atoms with van der Waals surface area (Å²) >= 11 is 0. The van der Waals surface area contributed by atoms with Gasteiger partial charge < -0.3 is 10.2 Å². The van der Waals surface area contributed by atoms with Gasteiger partial charge >= 0.3 is 5.97 Å². The predicted molar refractivity (Wildman–Crippen MR) is 93.1 cm³/mol. The second kappa shape index (κ2) is 6.43. The second-order valence-electron chi connectivity index (χ2n) is 8.55. The number of carboxylic acids is 1. The summed E-state index contributed by atoms with van der Waals surface area (Å²) in [7, 11) is 0. The summed E-state index contributed by atoms with van der Waals surface area (Å²) in [6.07, 6.45) is 6.90. The van der Waals surface area contributed by atoms with E-state index in [1.54, 1.807) is 0 Å². The minimum Gasteiger partial charge on any atom is -0.478 e. The number of aliphatic hydroxyl groups excluding tert-OH is 1. The van der Waals surface area contributed by atoms with E-state index in [1.807, 2.05) is 6.92 Å². The molecule has 0 aromatic carbocycles. The van der Waals surface area contributed by atoms with Gasteiger partial charge in [0, 0.05) is 6.08 Å². The van der Waals surface area contributed by atoms with Gasteiger partial charge in [0.15, 0.2) is 0 Å². The fraction of sp³-hybridized carbons (Fsp3) is 0.750. The summed E-state index contributed by atoms with van der Waals surface area (Å²) in [6.45, 7) is 13.0. The van der Waals surface area contributed by atoms with E-state index in [-0.39, 0.29) is 16.9 Å². The molecule has 2 aliphatic carbocycles. The maximum atomic E-state index is 10.8. The number of rotatable bonds is 4. The molecule has 0 unspecified atom stereocenters. The van der Waals surface area contributed by atoms with E-state index in [9.17, 15) is 9.90 Å². The summed E-state index contributed by atoms with van der Waals surface area (Å²) in [5.74, 6) is 0.0548. The summed E-state index contributed by atoms with van der Waals surface area (Å²) in [6, 6.07) is 0. The predicted octanol–water partition coefficient (Wildman–Crippen LogP) is 4.57. The van der Waals surface area contributed by atoms with Crippen LogP contribution in [0.5, 0.6) is 0 Å². The van der Waals surface area contributed by atoms with Gasteiger partial charge in [-0.3, -0.25) is 0 Å². The van der Waals surface area contributed by atoms with Crippen molar-refractivity contribution >= 4 is 5.97 Å². The standard InChI is InChI=1S/C20H32O3/c1-13(12-18(22)23)6-8-15-14(2)7-9-16-19(3,4)17(21)10-11-20(15,16)5/h12,15-17,21H,2,6-11H2,1,3-5H3,(H,22,23)/t15-,16-,17-,20+/m1/s1. The number of hydrogen-bond acceptors (Lipinski definition) is 2. The van der Waals surface area contributed by atoms with Gasteiger partial charge in [-0.15, -0.1) is 0 Å². The molecule has 2 N–H and O–H groups in total. The van der Waals surface area contributed by atoms with Crippen LogP contribution in [-0.4, -0.2) is 22.3 Å². The Hall–Kier alpha value is -1.09. The molecule has 3 nitrogen and oxygen atoms in total. The summed E-state index contributed by atoms with van der Waals surface area (Å²) < 4.78 is 0. The lowest BCUT2D eigenvalue weighted by Gasteiger charge is -2.59. The molecule has 2 aliphatic rings. The molecule has 0 heterocycles. The van der Waals surface area contributed by atoms with Crippen molar-refractivity contribution in [2.45, 2.75) is 72.3 Å². The molecule has 0 radical (unpaired) electrons. The van der Waals surface area contributed by atoms with Gasteiger partial charge in [-0.25, -0.2) is 4.79 Å². The Balaban J connectivity index is 2.21. The monoisotopic (exact) mass is 320 g/mol. The van der Waals surface area contributed by atoms with Gasteiger partial charge in [0.1, 0.15) is 0 Å². The van der Waals surface area contributed by atoms with Crippen molar-refractivity contribution in [3.8, 4) is 0 Å². The molecule has 4 atom stereocenters. The van der Waals surface area contributed by atoms with Crippen LogP contribution in [0.3, 0.4) is 0 Å². The fourth-order valence-electron chi connectivity index (χ4n) is 5.35. The van der Waals surface area contributed by atoms with Crippen molar-refractivity contribution in [3.05, 3.63) is 23.8 Å². The molecule has 130 valence electrons. The highest BCUT2D eigenvalue weighted by Crippen LogP contribution is 2.61. The zero-order chi connectivity index (χ0) is 17.4. The van der Waals surface area contributed by atoms with Crippen molar-refractivity contribution in [1.29, 1.82) is 0 Å². The minimum absolute atomic E-state index is 0.0576. The van der Waals surface area contributed by atoms with E-state index in [1.165, 1.54) is 11.6 Å². The van der Waals surface area contributed by atoms with Crippen LogP contribution in [0.15, 0.2) is 23.8 Å². The molecule has 23 heavy (non-hydrogen) atoms. The van der Waals surface area contributed by atoms with Gasteiger partial charge in [-0.1, -0.05) is 38.5 Å². The van der Waals surface area contributed by atoms with Crippen LogP contribution in [0, 0.1) is 22.7 Å². The van der Waals surface area contributed by atoms with Gasteiger partial charge in [-0.05, 0) is 68.1 Å². The molecular formula is C20H32O3. The van der Waals surface area contributed by atoms with E-state index in [4.69, 9.17) is 5.11 Å². The fourth-order valence-corrected chi connectivity index (χ4v) is 5.35. The molecule has 2 fully saturated rings. The quantitative estimate of drug-likeness (QED) is 0.589. The largest absolute Gasteiger partial charge is 0.478 e. The summed E-state index contributed by atoms with van der Waals surface area (Å²) in [5, 5.41) is 19.3. The number of aliphatic hydroxyl groups is 1. The number of hydrogen-bond donors (Lipinski definition) is 2. The minimum atomic E-state index is -0.865. The Bertz CT molecular complexity index is 517. The molecule has 0 bridgehead atoms. The van der Waals surface area contributed by atoms with Crippen LogP contribution < -0.4 is 0 Å². The van der Waals surface area contributed by atoms with Crippen LogP contribution in [-0.2, 0) is 4.79 Å². The van der Waals surface area contributed by atoms with Crippen molar-refractivity contribution in [2.75, 3.05) is 0 Å².